The van der Waals surface area contributed by atoms with E-state index in [9.17, 15) is 0 Å². The van der Waals surface area contributed by atoms with Gasteiger partial charge in [-0.05, 0) is 113 Å². The molecule has 0 radical (unpaired) electrons. The minimum absolute atomic E-state index is 0.455. The molecule has 5 atom stereocenters. The summed E-state index contributed by atoms with van der Waals surface area (Å²) in [5.41, 5.74) is 6.43. The van der Waals surface area contributed by atoms with Gasteiger partial charge in [0.25, 0.3) is 0 Å². The third kappa shape index (κ3) is 4.27. The summed E-state index contributed by atoms with van der Waals surface area (Å²) >= 11 is 0. The van der Waals surface area contributed by atoms with E-state index in [1.54, 1.807) is 5.57 Å². The molecule has 0 heteroatoms. The molecule has 0 aromatic rings. The van der Waals surface area contributed by atoms with Crippen molar-refractivity contribution in [3.8, 4) is 0 Å². The smallest absolute Gasteiger partial charge is 0.00590 e. The van der Waals surface area contributed by atoms with Crippen molar-refractivity contribution in [1.82, 2.24) is 0 Å². The highest BCUT2D eigenvalue weighted by Gasteiger charge is 2.58. The Hall–Kier alpha value is -0.780. The van der Waals surface area contributed by atoms with Gasteiger partial charge in [-0.25, -0.2) is 0 Å². The number of fused-ring (bicyclic) bond motifs is 3. The van der Waals surface area contributed by atoms with E-state index in [1.807, 2.05) is 5.57 Å². The lowest BCUT2D eigenvalue weighted by molar-refractivity contribution is -0.0367. The van der Waals surface area contributed by atoms with Gasteiger partial charge in [0.15, 0.2) is 0 Å². The minimum atomic E-state index is 0.455. The first-order valence-corrected chi connectivity index (χ1v) is 13.1. The van der Waals surface area contributed by atoms with Gasteiger partial charge in [-0.1, -0.05) is 76.0 Å². The molecule has 0 aliphatic heterocycles. The summed E-state index contributed by atoms with van der Waals surface area (Å²) in [5, 5.41) is 0. The van der Waals surface area contributed by atoms with E-state index in [1.165, 1.54) is 69.8 Å². The van der Waals surface area contributed by atoms with Crippen LogP contribution in [0.1, 0.15) is 120 Å². The molecule has 3 aliphatic rings. The maximum Gasteiger partial charge on any atom is -0.00590 e. The van der Waals surface area contributed by atoms with Crippen molar-refractivity contribution in [3.63, 3.8) is 0 Å². The minimum Gasteiger partial charge on any atom is -0.0856 e. The van der Waals surface area contributed by atoms with E-state index >= 15 is 0 Å². The fraction of sp³-hybridized carbons (Fsp3) is 0.800. The van der Waals surface area contributed by atoms with Gasteiger partial charge < -0.3 is 0 Å². The molecule has 0 heterocycles. The number of hydrogen-bond acceptors (Lipinski definition) is 0. The summed E-state index contributed by atoms with van der Waals surface area (Å²) in [6.07, 6.45) is 21.2. The van der Waals surface area contributed by atoms with Gasteiger partial charge in [-0.2, -0.15) is 0 Å². The first kappa shape index (κ1) is 23.9. The second kappa shape index (κ2) is 8.99. The highest BCUT2D eigenvalue weighted by Crippen LogP contribution is 2.68. The summed E-state index contributed by atoms with van der Waals surface area (Å²) in [4.78, 5) is 0. The number of rotatable bonds is 7. The zero-order valence-electron chi connectivity index (χ0n) is 21.5. The molecule has 0 amide bonds. The van der Waals surface area contributed by atoms with Crippen LogP contribution >= 0.6 is 0 Å². The van der Waals surface area contributed by atoms with Crippen LogP contribution in [0.3, 0.4) is 0 Å². The van der Waals surface area contributed by atoms with E-state index in [0.29, 0.717) is 16.2 Å². The van der Waals surface area contributed by atoms with Gasteiger partial charge in [0.05, 0.1) is 0 Å². The van der Waals surface area contributed by atoms with Gasteiger partial charge in [0.1, 0.15) is 0 Å². The molecule has 2 fully saturated rings. The third-order valence-corrected chi connectivity index (χ3v) is 9.96. The lowest BCUT2D eigenvalue weighted by Crippen LogP contribution is -2.48. The standard InChI is InChI=1S/C30H50/c1-9-30(24(5)15-14-23(4)13-10-12-22(2)3)21-18-25-26(30)16-17-27-28(6,7)19-11-20-29(25,27)8/h12,14,16,24-25,27H,9-11,13,15,17-21H2,1-8H3/b23-14+/t24-,25+,27+,29-,30-/m1/s1. The number of hydrogen-bond donors (Lipinski definition) is 0. The van der Waals surface area contributed by atoms with Crippen LogP contribution in [0.2, 0.25) is 0 Å². The zero-order chi connectivity index (χ0) is 22.2. The highest BCUT2D eigenvalue weighted by molar-refractivity contribution is 5.31. The Balaban J connectivity index is 1.78. The molecule has 0 nitrogen and oxygen atoms in total. The van der Waals surface area contributed by atoms with E-state index < -0.39 is 0 Å². The van der Waals surface area contributed by atoms with Crippen LogP contribution in [0.5, 0.6) is 0 Å². The van der Waals surface area contributed by atoms with Crippen molar-refractivity contribution in [2.75, 3.05) is 0 Å². The van der Waals surface area contributed by atoms with Crippen molar-refractivity contribution in [2.24, 2.45) is 34.0 Å². The predicted molar refractivity (Wildman–Crippen MR) is 134 cm³/mol. The molecule has 0 saturated heterocycles. The first-order valence-electron chi connectivity index (χ1n) is 13.1. The lowest BCUT2D eigenvalue weighted by atomic mass is 9.48. The SMILES string of the molecule is CC[C@]1([C@H](C)C/C=C(\C)CCC=C(C)C)CC[C@H]2C1=CC[C@H]1C(C)(C)CCC[C@]21C. The summed E-state index contributed by atoms with van der Waals surface area (Å²) in [5.74, 6) is 2.49. The maximum atomic E-state index is 2.77. The Morgan fingerprint density at radius 1 is 1.10 bits per heavy atom. The van der Waals surface area contributed by atoms with Gasteiger partial charge in [0, 0.05) is 0 Å². The summed E-state index contributed by atoms with van der Waals surface area (Å²) < 4.78 is 0. The number of allylic oxidation sites excluding steroid dienone is 6. The maximum absolute atomic E-state index is 2.77. The van der Waals surface area contributed by atoms with Crippen LogP contribution in [0.25, 0.3) is 0 Å². The molecule has 2 saturated carbocycles. The molecular weight excluding hydrogens is 360 g/mol. The third-order valence-electron chi connectivity index (χ3n) is 9.96. The summed E-state index contributed by atoms with van der Waals surface area (Å²) in [6, 6.07) is 0. The molecule has 3 aliphatic carbocycles. The van der Waals surface area contributed by atoms with Crippen molar-refractivity contribution in [1.29, 1.82) is 0 Å². The molecular formula is C30H50. The van der Waals surface area contributed by atoms with Crippen LogP contribution in [0, 0.1) is 34.0 Å². The molecule has 0 aromatic carbocycles. The Labute approximate surface area is 188 Å². The average molecular weight is 411 g/mol. The van der Waals surface area contributed by atoms with E-state index in [-0.39, 0.29) is 0 Å². The second-order valence-corrected chi connectivity index (χ2v) is 12.4. The summed E-state index contributed by atoms with van der Waals surface area (Å²) in [7, 11) is 0. The topological polar surface area (TPSA) is 0 Å². The molecule has 3 rings (SSSR count). The zero-order valence-corrected chi connectivity index (χ0v) is 21.5. The quantitative estimate of drug-likeness (QED) is 0.366. The van der Waals surface area contributed by atoms with Crippen LogP contribution in [0.15, 0.2) is 34.9 Å². The van der Waals surface area contributed by atoms with Crippen molar-refractivity contribution < 1.29 is 0 Å². The second-order valence-electron chi connectivity index (χ2n) is 12.4. The molecule has 0 unspecified atom stereocenters. The van der Waals surface area contributed by atoms with Crippen LogP contribution in [-0.2, 0) is 0 Å². The Morgan fingerprint density at radius 2 is 1.83 bits per heavy atom. The molecule has 30 heavy (non-hydrogen) atoms. The van der Waals surface area contributed by atoms with Crippen LogP contribution < -0.4 is 0 Å². The molecule has 0 spiro atoms. The largest absolute Gasteiger partial charge is 0.0856 e. The fourth-order valence-electron chi connectivity index (χ4n) is 8.05. The van der Waals surface area contributed by atoms with Gasteiger partial charge >= 0.3 is 0 Å². The Morgan fingerprint density at radius 3 is 2.50 bits per heavy atom. The summed E-state index contributed by atoms with van der Waals surface area (Å²) in [6.45, 7) is 19.6. The van der Waals surface area contributed by atoms with Crippen molar-refractivity contribution >= 4 is 0 Å². The van der Waals surface area contributed by atoms with Crippen molar-refractivity contribution in [2.45, 2.75) is 120 Å². The van der Waals surface area contributed by atoms with E-state index in [4.69, 9.17) is 0 Å². The molecule has 170 valence electrons. The monoisotopic (exact) mass is 410 g/mol. The van der Waals surface area contributed by atoms with E-state index in [2.05, 4.69) is 73.6 Å². The van der Waals surface area contributed by atoms with Crippen LogP contribution in [-0.4, -0.2) is 0 Å². The fourth-order valence-corrected chi connectivity index (χ4v) is 8.05. The van der Waals surface area contributed by atoms with Gasteiger partial charge in [0.2, 0.25) is 0 Å². The van der Waals surface area contributed by atoms with Crippen LogP contribution in [0.4, 0.5) is 0 Å². The Kier molecular flexibility index (Phi) is 7.16. The first-order chi connectivity index (χ1) is 14.1. The van der Waals surface area contributed by atoms with Crippen molar-refractivity contribution in [3.05, 3.63) is 34.9 Å². The predicted octanol–water partition coefficient (Wildman–Crippen LogP) is 9.67. The molecule has 0 aromatic heterocycles. The Bertz CT molecular complexity index is 698. The van der Waals surface area contributed by atoms with Gasteiger partial charge in [-0.15, -0.1) is 0 Å². The normalized spacial score (nSPS) is 36.5. The highest BCUT2D eigenvalue weighted by atomic mass is 14.6. The van der Waals surface area contributed by atoms with E-state index in [0.717, 1.165) is 17.8 Å². The molecule has 0 N–H and O–H groups in total. The van der Waals surface area contributed by atoms with Gasteiger partial charge in [-0.3, -0.25) is 0 Å². The average Bonchev–Trinajstić information content (AvgIpc) is 3.06. The molecule has 0 bridgehead atoms. The lowest BCUT2D eigenvalue weighted by Gasteiger charge is -2.57.